The van der Waals surface area contributed by atoms with Crippen LogP contribution in [0, 0.1) is 40.4 Å². The number of carbonyl (C=O) groups is 1. The smallest absolute Gasteiger partial charge is 0.331 e. The van der Waals surface area contributed by atoms with Gasteiger partial charge in [0.15, 0.2) is 12.1 Å². The van der Waals surface area contributed by atoms with Gasteiger partial charge in [0.1, 0.15) is 12.7 Å². The van der Waals surface area contributed by atoms with Gasteiger partial charge in [0.2, 0.25) is 0 Å². The molecule has 38 heavy (non-hydrogen) atoms. The Balaban J connectivity index is 1.01. The molecule has 6 fully saturated rings. The van der Waals surface area contributed by atoms with E-state index in [9.17, 15) is 4.79 Å². The Morgan fingerprint density at radius 1 is 0.895 bits per heavy atom. The minimum Gasteiger partial charge on any atom is -0.458 e. The van der Waals surface area contributed by atoms with Gasteiger partial charge in [0.05, 0.1) is 18.3 Å². The van der Waals surface area contributed by atoms with Crippen molar-refractivity contribution in [3.63, 3.8) is 0 Å². The van der Waals surface area contributed by atoms with Crippen LogP contribution >= 0.6 is 0 Å². The van der Waals surface area contributed by atoms with Gasteiger partial charge in [0, 0.05) is 12.5 Å². The number of hydrogen-bond acceptors (Lipinski definition) is 6. The molecule has 0 aromatic carbocycles. The summed E-state index contributed by atoms with van der Waals surface area (Å²) in [6.45, 7) is 11.8. The molecule has 0 bridgehead atoms. The van der Waals surface area contributed by atoms with Crippen molar-refractivity contribution in [1.82, 2.24) is 0 Å². The predicted octanol–water partition coefficient (Wildman–Crippen LogP) is 6.17. The summed E-state index contributed by atoms with van der Waals surface area (Å²) in [5, 5.41) is 0. The fourth-order valence-corrected chi connectivity index (χ4v) is 10.8. The van der Waals surface area contributed by atoms with Crippen LogP contribution in [0.25, 0.3) is 0 Å². The zero-order chi connectivity index (χ0) is 26.4. The zero-order valence-electron chi connectivity index (χ0n) is 24.1. The lowest BCUT2D eigenvalue weighted by molar-refractivity contribution is -0.253. The van der Waals surface area contributed by atoms with Crippen LogP contribution < -0.4 is 0 Å². The molecule has 12 atom stereocenters. The van der Waals surface area contributed by atoms with Gasteiger partial charge in [-0.15, -0.1) is 0 Å². The molecule has 6 heteroatoms. The highest BCUT2D eigenvalue weighted by Crippen LogP contribution is 2.68. The Labute approximate surface area is 228 Å². The van der Waals surface area contributed by atoms with Gasteiger partial charge in [-0.25, -0.2) is 4.79 Å². The van der Waals surface area contributed by atoms with Crippen molar-refractivity contribution in [2.75, 3.05) is 6.61 Å². The van der Waals surface area contributed by atoms with E-state index in [1.807, 2.05) is 19.9 Å². The number of esters is 1. The first kappa shape index (κ1) is 26.0. The molecule has 3 heterocycles. The number of carbonyl (C=O) groups excluding carboxylic acids is 1. The largest absolute Gasteiger partial charge is 0.458 e. The van der Waals surface area contributed by atoms with E-state index in [4.69, 9.17) is 23.7 Å². The molecule has 7 rings (SSSR count). The van der Waals surface area contributed by atoms with Gasteiger partial charge in [-0.1, -0.05) is 13.8 Å². The quantitative estimate of drug-likeness (QED) is 0.323. The van der Waals surface area contributed by atoms with Crippen LogP contribution in [0.4, 0.5) is 0 Å². The molecule has 0 amide bonds. The molecule has 0 aromatic heterocycles. The summed E-state index contributed by atoms with van der Waals surface area (Å²) < 4.78 is 30.6. The first-order chi connectivity index (χ1) is 18.1. The van der Waals surface area contributed by atoms with Crippen LogP contribution in [-0.4, -0.2) is 49.1 Å². The topological polar surface area (TPSA) is 63.2 Å². The second-order valence-electron chi connectivity index (χ2n) is 14.8. The van der Waals surface area contributed by atoms with E-state index in [0.717, 1.165) is 36.5 Å². The van der Waals surface area contributed by atoms with Gasteiger partial charge < -0.3 is 23.7 Å². The summed E-state index contributed by atoms with van der Waals surface area (Å²) in [5.41, 5.74) is 2.03. The third kappa shape index (κ3) is 4.06. The normalized spacial score (nSPS) is 53.4. The second-order valence-corrected chi connectivity index (χ2v) is 14.8. The summed E-state index contributed by atoms with van der Waals surface area (Å²) in [6.07, 6.45) is 14.2. The van der Waals surface area contributed by atoms with Crippen molar-refractivity contribution in [3.05, 3.63) is 11.6 Å². The predicted molar refractivity (Wildman–Crippen MR) is 142 cm³/mol. The minimum absolute atomic E-state index is 0.0000737. The van der Waals surface area contributed by atoms with Crippen molar-refractivity contribution < 1.29 is 28.5 Å². The molecule has 4 saturated carbocycles. The standard InChI is InChI=1S/C32H48O6/c1-18-29-26(37-30(2,3)38-29)16-28(35-18)36-21-10-12-31(4)20(15-21)6-7-22-24-9-8-23(19-14-27(33)34-17-19)32(24,5)13-11-25(22)31/h14,18,20-26,28-29H,6-13,15-17H2,1-5H3/t18-,20-,21+,22+,23-,24+,25+,26+,28-,29-,31+,32-/m1/s1. The molecule has 3 aliphatic heterocycles. The van der Waals surface area contributed by atoms with Gasteiger partial charge in [-0.3, -0.25) is 0 Å². The Hall–Kier alpha value is -0.950. The van der Waals surface area contributed by atoms with E-state index in [1.165, 1.54) is 56.9 Å². The van der Waals surface area contributed by atoms with E-state index >= 15 is 0 Å². The lowest BCUT2D eigenvalue weighted by atomic mass is 9.44. The molecular formula is C32H48O6. The van der Waals surface area contributed by atoms with Crippen molar-refractivity contribution in [3.8, 4) is 0 Å². The fraction of sp³-hybridized carbons (Fsp3) is 0.906. The molecule has 4 aliphatic carbocycles. The summed E-state index contributed by atoms with van der Waals surface area (Å²) >= 11 is 0. The maximum absolute atomic E-state index is 11.8. The molecule has 2 saturated heterocycles. The Morgan fingerprint density at radius 2 is 1.68 bits per heavy atom. The fourth-order valence-electron chi connectivity index (χ4n) is 10.8. The van der Waals surface area contributed by atoms with E-state index < -0.39 is 5.79 Å². The Kier molecular flexibility index (Phi) is 6.17. The van der Waals surface area contributed by atoms with Gasteiger partial charge in [0.25, 0.3) is 0 Å². The molecule has 212 valence electrons. The van der Waals surface area contributed by atoms with Crippen LogP contribution in [0.2, 0.25) is 0 Å². The SMILES string of the molecule is C[C@H]1O[C@H](O[C@H]2CC[C@@]3(C)[C@H](CC[C@@H]4[C@@H]3CC[C@]3(C)[C@@H](C5=CC(=O)OC5)CC[C@@H]43)C2)C[C@@H]2OC(C)(C)O[C@@H]21. The average Bonchev–Trinajstić information content (AvgIpc) is 3.52. The molecule has 0 radical (unpaired) electrons. The number of fused-ring (bicyclic) bond motifs is 6. The van der Waals surface area contributed by atoms with E-state index in [0.29, 0.717) is 23.4 Å². The number of ether oxygens (including phenoxy) is 5. The second kappa shape index (κ2) is 9.03. The molecule has 6 nitrogen and oxygen atoms in total. The lowest BCUT2D eigenvalue weighted by Gasteiger charge is -2.61. The summed E-state index contributed by atoms with van der Waals surface area (Å²) in [6, 6.07) is 0. The molecule has 0 spiro atoms. The van der Waals surface area contributed by atoms with Crippen LogP contribution in [0.1, 0.15) is 98.8 Å². The van der Waals surface area contributed by atoms with Crippen molar-refractivity contribution in [1.29, 1.82) is 0 Å². The first-order valence-electron chi connectivity index (χ1n) is 15.6. The van der Waals surface area contributed by atoms with Crippen LogP contribution in [0.15, 0.2) is 11.6 Å². The van der Waals surface area contributed by atoms with Gasteiger partial charge in [-0.2, -0.15) is 0 Å². The highest BCUT2D eigenvalue weighted by atomic mass is 16.8. The highest BCUT2D eigenvalue weighted by molar-refractivity contribution is 5.85. The number of cyclic esters (lactones) is 1. The van der Waals surface area contributed by atoms with E-state index in [-0.39, 0.29) is 36.7 Å². The zero-order valence-corrected chi connectivity index (χ0v) is 24.1. The monoisotopic (exact) mass is 528 g/mol. The minimum atomic E-state index is -0.540. The van der Waals surface area contributed by atoms with Crippen molar-refractivity contribution in [2.24, 2.45) is 40.4 Å². The van der Waals surface area contributed by atoms with Crippen LogP contribution in [0.5, 0.6) is 0 Å². The number of hydrogen-bond donors (Lipinski definition) is 0. The highest BCUT2D eigenvalue weighted by Gasteiger charge is 2.61. The maximum atomic E-state index is 11.8. The number of rotatable bonds is 3. The summed E-state index contributed by atoms with van der Waals surface area (Å²) in [7, 11) is 0. The molecule has 0 aromatic rings. The third-order valence-electron chi connectivity index (χ3n) is 12.6. The summed E-state index contributed by atoms with van der Waals surface area (Å²) in [4.78, 5) is 11.8. The Morgan fingerprint density at radius 3 is 2.47 bits per heavy atom. The lowest BCUT2D eigenvalue weighted by Crippen LogP contribution is -2.54. The average molecular weight is 529 g/mol. The van der Waals surface area contributed by atoms with Crippen molar-refractivity contribution in [2.45, 2.75) is 135 Å². The molecular weight excluding hydrogens is 480 g/mol. The van der Waals surface area contributed by atoms with Crippen molar-refractivity contribution >= 4 is 5.97 Å². The maximum Gasteiger partial charge on any atom is 0.331 e. The molecule has 7 aliphatic rings. The van der Waals surface area contributed by atoms with E-state index in [2.05, 4.69) is 20.8 Å². The molecule has 0 unspecified atom stereocenters. The van der Waals surface area contributed by atoms with Gasteiger partial charge in [-0.05, 0) is 125 Å². The summed E-state index contributed by atoms with van der Waals surface area (Å²) in [5.74, 6) is 3.05. The van der Waals surface area contributed by atoms with Crippen LogP contribution in [-0.2, 0) is 28.5 Å². The Bertz CT molecular complexity index is 990. The van der Waals surface area contributed by atoms with Gasteiger partial charge >= 0.3 is 5.97 Å². The van der Waals surface area contributed by atoms with Crippen LogP contribution in [0.3, 0.4) is 0 Å². The molecule has 0 N–H and O–H groups in total. The first-order valence-corrected chi connectivity index (χ1v) is 15.6. The van der Waals surface area contributed by atoms with E-state index in [1.54, 1.807) is 0 Å². The third-order valence-corrected chi connectivity index (χ3v) is 12.6.